The zero-order valence-electron chi connectivity index (χ0n) is 9.78. The summed E-state index contributed by atoms with van der Waals surface area (Å²) in [5.74, 6) is 0. The van der Waals surface area contributed by atoms with Gasteiger partial charge < -0.3 is 4.74 Å². The molecule has 1 aromatic carbocycles. The molecule has 0 bridgehead atoms. The summed E-state index contributed by atoms with van der Waals surface area (Å²) in [6, 6.07) is 8.47. The number of nitrogens with zero attached hydrogens (tertiary/aromatic N) is 1. The van der Waals surface area contributed by atoms with Crippen LogP contribution in [0.15, 0.2) is 30.3 Å². The van der Waals surface area contributed by atoms with E-state index in [0.717, 1.165) is 6.26 Å². The van der Waals surface area contributed by atoms with Crippen molar-refractivity contribution in [1.29, 1.82) is 0 Å². The van der Waals surface area contributed by atoms with Gasteiger partial charge in [0.1, 0.15) is 6.61 Å². The van der Waals surface area contributed by atoms with Crippen LogP contribution in [0.2, 0.25) is 0 Å². The Balaban J connectivity index is 2.14. The molecule has 1 fully saturated rings. The fourth-order valence-corrected chi connectivity index (χ4v) is 2.09. The van der Waals surface area contributed by atoms with Gasteiger partial charge >= 0.3 is 6.09 Å². The maximum atomic E-state index is 11.6. The van der Waals surface area contributed by atoms with Gasteiger partial charge in [0.05, 0.1) is 18.9 Å². The van der Waals surface area contributed by atoms with Gasteiger partial charge in [-0.1, -0.05) is 18.2 Å². The van der Waals surface area contributed by atoms with E-state index in [1.807, 2.05) is 6.07 Å². The molecule has 1 heterocycles. The van der Waals surface area contributed by atoms with E-state index in [2.05, 4.69) is 0 Å². The van der Waals surface area contributed by atoms with Crippen molar-refractivity contribution < 1.29 is 22.1 Å². The number of ether oxygens (including phenoxy) is 1. The number of hydrogen-bond acceptors (Lipinski definition) is 5. The molecule has 6 nitrogen and oxygen atoms in total. The minimum absolute atomic E-state index is 0.112. The number of amides is 1. The van der Waals surface area contributed by atoms with Gasteiger partial charge in [0.15, 0.2) is 0 Å². The largest absolute Gasteiger partial charge is 0.447 e. The Morgan fingerprint density at radius 1 is 1.39 bits per heavy atom. The predicted octanol–water partition coefficient (Wildman–Crippen LogP) is 0.988. The molecule has 0 radical (unpaired) electrons. The standard InChI is InChI=1S/C11H13NO5S/c1-18(14,15)17-8-10-7-16-11(13)12(10)9-5-3-2-4-6-9/h2-6,10H,7-8H2,1H3. The van der Waals surface area contributed by atoms with Crippen LogP contribution >= 0.6 is 0 Å². The second-order valence-corrected chi connectivity index (χ2v) is 5.57. The third-order valence-corrected chi connectivity index (χ3v) is 3.03. The lowest BCUT2D eigenvalue weighted by molar-refractivity contribution is 0.175. The Morgan fingerprint density at radius 3 is 2.67 bits per heavy atom. The highest BCUT2D eigenvalue weighted by atomic mass is 32.2. The molecule has 1 aliphatic heterocycles. The molecule has 0 aromatic heterocycles. The van der Waals surface area contributed by atoms with Crippen LogP contribution in [-0.2, 0) is 19.0 Å². The monoisotopic (exact) mass is 271 g/mol. The Labute approximate surface area is 105 Å². The zero-order valence-corrected chi connectivity index (χ0v) is 10.6. The topological polar surface area (TPSA) is 72.9 Å². The molecule has 1 saturated heterocycles. The van der Waals surface area contributed by atoms with Crippen LogP contribution < -0.4 is 4.90 Å². The minimum Gasteiger partial charge on any atom is -0.447 e. The van der Waals surface area contributed by atoms with Crippen LogP contribution in [0.25, 0.3) is 0 Å². The van der Waals surface area contributed by atoms with Crippen LogP contribution in [0, 0.1) is 0 Å². The number of carbonyl (C=O) groups excluding carboxylic acids is 1. The summed E-state index contributed by atoms with van der Waals surface area (Å²) >= 11 is 0. The van der Waals surface area contributed by atoms with Gasteiger partial charge in [0.25, 0.3) is 10.1 Å². The fraction of sp³-hybridized carbons (Fsp3) is 0.364. The first-order valence-corrected chi connectivity index (χ1v) is 7.14. The quantitative estimate of drug-likeness (QED) is 0.763. The van der Waals surface area contributed by atoms with Crippen LogP contribution in [0.1, 0.15) is 0 Å². The van der Waals surface area contributed by atoms with Crippen molar-refractivity contribution in [3.05, 3.63) is 30.3 Å². The third-order valence-electron chi connectivity index (χ3n) is 2.47. The van der Waals surface area contributed by atoms with Gasteiger partial charge in [-0.05, 0) is 12.1 Å². The molecule has 7 heteroatoms. The Hall–Kier alpha value is -1.60. The van der Waals surface area contributed by atoms with Gasteiger partial charge in [-0.25, -0.2) is 4.79 Å². The average Bonchev–Trinajstić information content (AvgIpc) is 2.68. The Morgan fingerprint density at radius 2 is 2.06 bits per heavy atom. The number of hydrogen-bond donors (Lipinski definition) is 0. The van der Waals surface area contributed by atoms with Crippen molar-refractivity contribution in [3.8, 4) is 0 Å². The minimum atomic E-state index is -3.53. The Kier molecular flexibility index (Phi) is 3.53. The summed E-state index contributed by atoms with van der Waals surface area (Å²) in [6.07, 6.45) is 0.473. The lowest BCUT2D eigenvalue weighted by Crippen LogP contribution is -2.37. The van der Waals surface area contributed by atoms with E-state index in [0.29, 0.717) is 5.69 Å². The average molecular weight is 271 g/mol. The first kappa shape index (κ1) is 12.8. The Bertz CT molecular complexity index is 528. The number of para-hydroxylation sites is 1. The van der Waals surface area contributed by atoms with Crippen LogP contribution in [0.5, 0.6) is 0 Å². The molecule has 0 aliphatic carbocycles. The maximum Gasteiger partial charge on any atom is 0.414 e. The van der Waals surface area contributed by atoms with E-state index in [-0.39, 0.29) is 13.2 Å². The van der Waals surface area contributed by atoms with E-state index in [4.69, 9.17) is 8.92 Å². The normalized spacial score (nSPS) is 19.9. The summed E-state index contributed by atoms with van der Waals surface area (Å²) in [7, 11) is -3.53. The summed E-state index contributed by atoms with van der Waals surface area (Å²) in [6.45, 7) is 0.00269. The number of benzene rings is 1. The smallest absolute Gasteiger partial charge is 0.414 e. The maximum absolute atomic E-state index is 11.6. The predicted molar refractivity (Wildman–Crippen MR) is 64.9 cm³/mol. The van der Waals surface area contributed by atoms with Crippen LogP contribution in [-0.4, -0.2) is 40.0 Å². The van der Waals surface area contributed by atoms with Gasteiger partial charge in [0, 0.05) is 5.69 Å². The molecule has 18 heavy (non-hydrogen) atoms. The van der Waals surface area contributed by atoms with Crippen molar-refractivity contribution in [2.24, 2.45) is 0 Å². The highest BCUT2D eigenvalue weighted by Gasteiger charge is 2.34. The molecule has 2 rings (SSSR count). The van der Waals surface area contributed by atoms with E-state index < -0.39 is 22.3 Å². The van der Waals surface area contributed by atoms with Gasteiger partial charge in [-0.15, -0.1) is 0 Å². The van der Waals surface area contributed by atoms with Crippen LogP contribution in [0.3, 0.4) is 0 Å². The van der Waals surface area contributed by atoms with Gasteiger partial charge in [-0.3, -0.25) is 9.08 Å². The second kappa shape index (κ2) is 4.95. The molecule has 1 amide bonds. The molecule has 0 spiro atoms. The SMILES string of the molecule is CS(=O)(=O)OCC1COC(=O)N1c1ccccc1. The van der Waals surface area contributed by atoms with Crippen molar-refractivity contribution in [2.75, 3.05) is 24.4 Å². The number of rotatable bonds is 4. The summed E-state index contributed by atoms with van der Waals surface area (Å²) in [5, 5.41) is 0. The highest BCUT2D eigenvalue weighted by molar-refractivity contribution is 7.85. The van der Waals surface area contributed by atoms with Crippen molar-refractivity contribution in [3.63, 3.8) is 0 Å². The molecule has 0 N–H and O–H groups in total. The first-order valence-electron chi connectivity index (χ1n) is 5.33. The molecule has 1 aromatic rings. The molecule has 98 valence electrons. The van der Waals surface area contributed by atoms with Gasteiger partial charge in [-0.2, -0.15) is 8.42 Å². The van der Waals surface area contributed by atoms with Crippen molar-refractivity contribution >= 4 is 21.9 Å². The van der Waals surface area contributed by atoms with E-state index in [1.54, 1.807) is 24.3 Å². The summed E-state index contributed by atoms with van der Waals surface area (Å²) in [4.78, 5) is 13.0. The molecule has 0 saturated carbocycles. The molecular weight excluding hydrogens is 258 g/mol. The molecular formula is C11H13NO5S. The lowest BCUT2D eigenvalue weighted by atomic mass is 10.2. The van der Waals surface area contributed by atoms with E-state index >= 15 is 0 Å². The molecule has 1 atom stereocenters. The number of anilines is 1. The highest BCUT2D eigenvalue weighted by Crippen LogP contribution is 2.23. The lowest BCUT2D eigenvalue weighted by Gasteiger charge is -2.20. The second-order valence-electron chi connectivity index (χ2n) is 3.92. The summed E-state index contributed by atoms with van der Waals surface area (Å²) < 4.78 is 31.5. The first-order chi connectivity index (χ1) is 8.47. The van der Waals surface area contributed by atoms with Gasteiger partial charge in [0.2, 0.25) is 0 Å². The van der Waals surface area contributed by atoms with Crippen LogP contribution in [0.4, 0.5) is 10.5 Å². The zero-order chi connectivity index (χ0) is 13.2. The molecule has 1 aliphatic rings. The summed E-state index contributed by atoms with van der Waals surface area (Å²) in [5.41, 5.74) is 0.655. The number of carbonyl (C=O) groups is 1. The van der Waals surface area contributed by atoms with E-state index in [1.165, 1.54) is 4.90 Å². The third kappa shape index (κ3) is 2.99. The van der Waals surface area contributed by atoms with E-state index in [9.17, 15) is 13.2 Å². The number of cyclic esters (lactones) is 1. The molecule has 1 unspecified atom stereocenters. The van der Waals surface area contributed by atoms with Crippen molar-refractivity contribution in [2.45, 2.75) is 6.04 Å². The fourth-order valence-electron chi connectivity index (χ4n) is 1.69. The van der Waals surface area contributed by atoms with Crippen molar-refractivity contribution in [1.82, 2.24) is 0 Å².